The van der Waals surface area contributed by atoms with Gasteiger partial charge >= 0.3 is 0 Å². The molecule has 7 nitrogen and oxygen atoms in total. The number of rotatable bonds is 5. The van der Waals surface area contributed by atoms with Gasteiger partial charge in [-0.3, -0.25) is 14.7 Å². The number of carbonyl (C=O) groups is 1. The maximum Gasteiger partial charge on any atom is 0.236 e. The molecule has 1 aromatic carbocycles. The predicted molar refractivity (Wildman–Crippen MR) is 140 cm³/mol. The summed E-state index contributed by atoms with van der Waals surface area (Å²) in [7, 11) is 1.83. The Morgan fingerprint density at radius 1 is 1.00 bits per heavy atom. The van der Waals surface area contributed by atoms with Crippen molar-refractivity contribution in [3.05, 3.63) is 36.1 Å². The van der Waals surface area contributed by atoms with Gasteiger partial charge < -0.3 is 19.5 Å². The number of hydrogen-bond donors (Lipinski definition) is 1. The first kappa shape index (κ1) is 24.8. The number of aliphatic imine (C=N–C) groups is 1. The molecule has 32 heavy (non-hydrogen) atoms. The minimum Gasteiger partial charge on any atom is -0.461 e. The minimum atomic E-state index is 0. The number of halogens is 1. The van der Waals surface area contributed by atoms with Crippen molar-refractivity contribution in [1.29, 1.82) is 0 Å². The van der Waals surface area contributed by atoms with Crippen LogP contribution in [0.2, 0.25) is 0 Å². The van der Waals surface area contributed by atoms with Crippen LogP contribution in [-0.2, 0) is 11.2 Å². The number of hydrogen-bond acceptors (Lipinski definition) is 4. The summed E-state index contributed by atoms with van der Waals surface area (Å²) < 4.78 is 5.90. The van der Waals surface area contributed by atoms with E-state index in [4.69, 9.17) is 4.42 Å². The van der Waals surface area contributed by atoms with E-state index in [9.17, 15) is 4.79 Å². The molecule has 2 saturated heterocycles. The molecule has 0 aliphatic carbocycles. The minimum absolute atomic E-state index is 0. The molecule has 1 N–H and O–H groups in total. The van der Waals surface area contributed by atoms with Gasteiger partial charge in [-0.05, 0) is 25.0 Å². The molecule has 4 rings (SSSR count). The van der Waals surface area contributed by atoms with E-state index < -0.39 is 0 Å². The highest BCUT2D eigenvalue weighted by atomic mass is 127. The second-order valence-corrected chi connectivity index (χ2v) is 8.53. The van der Waals surface area contributed by atoms with Crippen LogP contribution in [0.4, 0.5) is 0 Å². The van der Waals surface area contributed by atoms with Gasteiger partial charge in [0.2, 0.25) is 5.91 Å². The van der Waals surface area contributed by atoms with Crippen LogP contribution in [0.1, 0.15) is 31.4 Å². The Balaban J connectivity index is 0.00000289. The van der Waals surface area contributed by atoms with Crippen LogP contribution in [0, 0.1) is 0 Å². The van der Waals surface area contributed by atoms with E-state index in [0.717, 1.165) is 87.8 Å². The summed E-state index contributed by atoms with van der Waals surface area (Å²) in [6, 6.07) is 10.2. The van der Waals surface area contributed by atoms with Gasteiger partial charge in [-0.15, -0.1) is 24.0 Å². The fourth-order valence-electron chi connectivity index (χ4n) is 4.52. The highest BCUT2D eigenvalue weighted by Gasteiger charge is 2.23. The first-order valence-electron chi connectivity index (χ1n) is 11.7. The number of carbonyl (C=O) groups excluding carboxylic acids is 1. The molecule has 0 atom stereocenters. The summed E-state index contributed by atoms with van der Waals surface area (Å²) >= 11 is 0. The van der Waals surface area contributed by atoms with E-state index in [1.807, 2.05) is 25.2 Å². The zero-order chi connectivity index (χ0) is 21.5. The maximum atomic E-state index is 12.7. The highest BCUT2D eigenvalue weighted by Crippen LogP contribution is 2.18. The molecule has 0 unspecified atom stereocenters. The summed E-state index contributed by atoms with van der Waals surface area (Å²) in [6.45, 7) is 6.75. The Morgan fingerprint density at radius 2 is 1.72 bits per heavy atom. The van der Waals surface area contributed by atoms with Crippen molar-refractivity contribution in [2.75, 3.05) is 59.4 Å². The summed E-state index contributed by atoms with van der Waals surface area (Å²) in [5, 5.41) is 4.61. The van der Waals surface area contributed by atoms with Gasteiger partial charge in [0.05, 0.1) is 6.54 Å². The lowest BCUT2D eigenvalue weighted by Gasteiger charge is -2.37. The Labute approximate surface area is 208 Å². The van der Waals surface area contributed by atoms with Gasteiger partial charge in [-0.2, -0.15) is 0 Å². The molecule has 2 aliphatic heterocycles. The average molecular weight is 553 g/mol. The molecule has 8 heteroatoms. The van der Waals surface area contributed by atoms with Crippen molar-refractivity contribution in [3.8, 4) is 0 Å². The van der Waals surface area contributed by atoms with Gasteiger partial charge in [-0.1, -0.05) is 31.0 Å². The number of nitrogens with zero attached hydrogens (tertiary/aromatic N) is 4. The first-order valence-corrected chi connectivity index (χ1v) is 11.7. The molecule has 0 bridgehead atoms. The number of amides is 1. The molecule has 176 valence electrons. The number of piperazine rings is 1. The zero-order valence-corrected chi connectivity index (χ0v) is 21.4. The second-order valence-electron chi connectivity index (χ2n) is 8.53. The molecule has 2 fully saturated rings. The predicted octanol–water partition coefficient (Wildman–Crippen LogP) is 3.19. The van der Waals surface area contributed by atoms with Crippen molar-refractivity contribution in [1.82, 2.24) is 20.0 Å². The van der Waals surface area contributed by atoms with Crippen molar-refractivity contribution in [2.24, 2.45) is 4.99 Å². The van der Waals surface area contributed by atoms with Crippen molar-refractivity contribution in [2.45, 2.75) is 32.1 Å². The smallest absolute Gasteiger partial charge is 0.236 e. The van der Waals surface area contributed by atoms with E-state index in [-0.39, 0.29) is 24.0 Å². The largest absolute Gasteiger partial charge is 0.461 e. The number of fused-ring (bicyclic) bond motifs is 1. The van der Waals surface area contributed by atoms with E-state index in [1.165, 1.54) is 12.8 Å². The molecule has 0 saturated carbocycles. The molecule has 1 amide bonds. The fourth-order valence-corrected chi connectivity index (χ4v) is 4.52. The van der Waals surface area contributed by atoms with Crippen molar-refractivity contribution >= 4 is 46.8 Å². The average Bonchev–Trinajstić information content (AvgIpc) is 3.01. The normalized spacial score (nSPS) is 18.3. The first-order chi connectivity index (χ1) is 15.2. The number of likely N-dealkylation sites (tertiary alicyclic amines) is 1. The molecule has 1 aromatic heterocycles. The van der Waals surface area contributed by atoms with Crippen LogP contribution in [0.5, 0.6) is 0 Å². The van der Waals surface area contributed by atoms with Crippen LogP contribution in [0.15, 0.2) is 39.7 Å². The van der Waals surface area contributed by atoms with Crippen molar-refractivity contribution in [3.63, 3.8) is 0 Å². The fraction of sp³-hybridized carbons (Fsp3) is 0.583. The number of guanidine groups is 1. The lowest BCUT2D eigenvalue weighted by molar-refractivity contribution is -0.132. The topological polar surface area (TPSA) is 64.3 Å². The third-order valence-corrected chi connectivity index (χ3v) is 6.33. The number of benzene rings is 1. The summed E-state index contributed by atoms with van der Waals surface area (Å²) in [4.78, 5) is 23.8. The van der Waals surface area contributed by atoms with E-state index in [1.54, 1.807) is 0 Å². The van der Waals surface area contributed by atoms with Crippen LogP contribution in [-0.4, -0.2) is 86.0 Å². The van der Waals surface area contributed by atoms with Crippen LogP contribution in [0.3, 0.4) is 0 Å². The Hall–Kier alpha value is -1.81. The molecule has 0 radical (unpaired) electrons. The van der Waals surface area contributed by atoms with E-state index >= 15 is 0 Å². The van der Waals surface area contributed by atoms with Gasteiger partial charge in [0, 0.05) is 64.7 Å². The number of nitrogens with one attached hydrogen (secondary N) is 1. The van der Waals surface area contributed by atoms with E-state index in [2.05, 4.69) is 37.1 Å². The molecular weight excluding hydrogens is 517 g/mol. The molecule has 3 heterocycles. The summed E-state index contributed by atoms with van der Waals surface area (Å²) in [5.41, 5.74) is 0.938. The van der Waals surface area contributed by atoms with Gasteiger partial charge in [0.15, 0.2) is 5.96 Å². The molecule has 2 aliphatic rings. The van der Waals surface area contributed by atoms with Gasteiger partial charge in [0.25, 0.3) is 0 Å². The summed E-state index contributed by atoms with van der Waals surface area (Å²) in [6.07, 6.45) is 5.62. The molecule has 0 spiro atoms. The van der Waals surface area contributed by atoms with Gasteiger partial charge in [-0.25, -0.2) is 0 Å². The Bertz CT molecular complexity index is 850. The third kappa shape index (κ3) is 6.60. The monoisotopic (exact) mass is 553 g/mol. The third-order valence-electron chi connectivity index (χ3n) is 6.33. The van der Waals surface area contributed by atoms with E-state index in [0.29, 0.717) is 12.5 Å². The van der Waals surface area contributed by atoms with Gasteiger partial charge in [0.1, 0.15) is 11.3 Å². The lowest BCUT2D eigenvalue weighted by Crippen LogP contribution is -2.54. The SMILES string of the molecule is CN=C(NCCc1cc2ccccc2o1)N1CCN(CC(=O)N2CCCCCC2)CC1.I. The molecule has 2 aromatic rings. The van der Waals surface area contributed by atoms with Crippen LogP contribution in [0.25, 0.3) is 11.0 Å². The zero-order valence-electron chi connectivity index (χ0n) is 19.1. The Morgan fingerprint density at radius 3 is 2.41 bits per heavy atom. The Kier molecular flexibility index (Phi) is 9.65. The highest BCUT2D eigenvalue weighted by molar-refractivity contribution is 14.0. The standard InChI is InChI=1S/C24H35N5O2.HI/c1-25-24(26-11-10-21-18-20-8-4-5-9-22(20)31-21)29-16-14-27(15-17-29)19-23(30)28-12-6-2-3-7-13-28;/h4-5,8-9,18H,2-3,6-7,10-17,19H2,1H3,(H,25,26);1H. The maximum absolute atomic E-state index is 12.7. The second kappa shape index (κ2) is 12.4. The molecular formula is C24H36IN5O2. The number of furan rings is 1. The summed E-state index contributed by atoms with van der Waals surface area (Å²) in [5.74, 6) is 2.21. The van der Waals surface area contributed by atoms with Crippen LogP contribution >= 0.6 is 24.0 Å². The van der Waals surface area contributed by atoms with Crippen LogP contribution < -0.4 is 5.32 Å². The number of para-hydroxylation sites is 1. The van der Waals surface area contributed by atoms with Crippen molar-refractivity contribution < 1.29 is 9.21 Å². The quantitative estimate of drug-likeness (QED) is 0.350. The lowest BCUT2D eigenvalue weighted by atomic mass is 10.2.